The lowest BCUT2D eigenvalue weighted by Gasteiger charge is -2.14. The fraction of sp³-hybridized carbons (Fsp3) is 0.143. The first kappa shape index (κ1) is 13.6. The van der Waals surface area contributed by atoms with Crippen molar-refractivity contribution in [1.82, 2.24) is 0 Å². The maximum absolute atomic E-state index is 9.00. The number of nitrogens with zero attached hydrogens (tertiary/aromatic N) is 2. The zero-order valence-corrected chi connectivity index (χ0v) is 12.5. The standard InChI is InChI=1S/C14H10BrN3S/c1-9(13-4-5-14(15)19-13)18-12-3-2-10(7-16)11(6-12)8-17/h2-6,9,18H,1H3. The van der Waals surface area contributed by atoms with Gasteiger partial charge in [-0.1, -0.05) is 0 Å². The number of anilines is 1. The van der Waals surface area contributed by atoms with Gasteiger partial charge in [0.05, 0.1) is 21.0 Å². The van der Waals surface area contributed by atoms with Gasteiger partial charge < -0.3 is 5.32 Å². The van der Waals surface area contributed by atoms with E-state index in [1.807, 2.05) is 24.3 Å². The molecule has 0 bridgehead atoms. The maximum atomic E-state index is 9.00. The number of hydrogen-bond acceptors (Lipinski definition) is 4. The van der Waals surface area contributed by atoms with E-state index in [2.05, 4.69) is 34.2 Å². The van der Waals surface area contributed by atoms with Gasteiger partial charge in [-0.15, -0.1) is 11.3 Å². The molecule has 1 unspecified atom stereocenters. The molecule has 5 heteroatoms. The number of nitriles is 2. The summed E-state index contributed by atoms with van der Waals surface area (Å²) in [5.41, 5.74) is 1.64. The Labute approximate surface area is 124 Å². The van der Waals surface area contributed by atoms with Gasteiger partial charge in [0, 0.05) is 10.6 Å². The minimum absolute atomic E-state index is 0.149. The van der Waals surface area contributed by atoms with Crippen molar-refractivity contribution in [2.75, 3.05) is 5.32 Å². The van der Waals surface area contributed by atoms with Crippen molar-refractivity contribution in [3.8, 4) is 12.1 Å². The zero-order valence-electron chi connectivity index (χ0n) is 10.1. The van der Waals surface area contributed by atoms with Gasteiger partial charge in [0.15, 0.2) is 0 Å². The topological polar surface area (TPSA) is 59.6 Å². The van der Waals surface area contributed by atoms with Gasteiger partial charge >= 0.3 is 0 Å². The minimum Gasteiger partial charge on any atom is -0.378 e. The van der Waals surface area contributed by atoms with Crippen LogP contribution in [-0.4, -0.2) is 0 Å². The average molecular weight is 332 g/mol. The Morgan fingerprint density at radius 3 is 2.47 bits per heavy atom. The van der Waals surface area contributed by atoms with Crippen LogP contribution in [-0.2, 0) is 0 Å². The molecule has 1 atom stereocenters. The molecule has 2 aromatic rings. The molecule has 0 aliphatic rings. The molecule has 3 nitrogen and oxygen atoms in total. The Hall–Kier alpha value is -1.82. The van der Waals surface area contributed by atoms with E-state index < -0.39 is 0 Å². The van der Waals surface area contributed by atoms with Gasteiger partial charge in [-0.2, -0.15) is 10.5 Å². The highest BCUT2D eigenvalue weighted by Crippen LogP contribution is 2.29. The van der Waals surface area contributed by atoms with Crippen LogP contribution in [0.15, 0.2) is 34.1 Å². The highest BCUT2D eigenvalue weighted by atomic mass is 79.9. The molecule has 0 spiro atoms. The second kappa shape index (κ2) is 5.88. The van der Waals surface area contributed by atoms with Crippen LogP contribution in [0.3, 0.4) is 0 Å². The number of nitrogens with one attached hydrogen (secondary N) is 1. The Kier molecular flexibility index (Phi) is 4.21. The first-order chi connectivity index (χ1) is 9.13. The van der Waals surface area contributed by atoms with Crippen molar-refractivity contribution >= 4 is 33.0 Å². The monoisotopic (exact) mass is 331 g/mol. The summed E-state index contributed by atoms with van der Waals surface area (Å²) in [6.07, 6.45) is 0. The number of hydrogen-bond donors (Lipinski definition) is 1. The van der Waals surface area contributed by atoms with E-state index in [-0.39, 0.29) is 6.04 Å². The molecule has 19 heavy (non-hydrogen) atoms. The van der Waals surface area contributed by atoms with Gasteiger partial charge in [0.1, 0.15) is 12.1 Å². The average Bonchev–Trinajstić information content (AvgIpc) is 2.85. The third-order valence-corrected chi connectivity index (χ3v) is 4.47. The van der Waals surface area contributed by atoms with Gasteiger partial charge in [-0.05, 0) is 53.2 Å². The molecule has 1 heterocycles. The van der Waals surface area contributed by atoms with Crippen LogP contribution in [0, 0.1) is 22.7 Å². The van der Waals surface area contributed by atoms with E-state index in [1.54, 1.807) is 23.5 Å². The van der Waals surface area contributed by atoms with Gasteiger partial charge in [-0.3, -0.25) is 0 Å². The third-order valence-electron chi connectivity index (χ3n) is 2.66. The molecule has 1 N–H and O–H groups in total. The molecule has 0 saturated carbocycles. The van der Waals surface area contributed by atoms with Crippen LogP contribution >= 0.6 is 27.3 Å². The SMILES string of the molecule is CC(Nc1ccc(C#N)c(C#N)c1)c1ccc(Br)s1. The number of rotatable bonds is 3. The number of benzene rings is 1. The summed E-state index contributed by atoms with van der Waals surface area (Å²) in [5.74, 6) is 0. The molecule has 0 amide bonds. The molecule has 0 aliphatic carbocycles. The Balaban J connectivity index is 2.20. The lowest BCUT2D eigenvalue weighted by molar-refractivity contribution is 0.908. The van der Waals surface area contributed by atoms with Gasteiger partial charge in [-0.25, -0.2) is 0 Å². The fourth-order valence-corrected chi connectivity index (χ4v) is 3.13. The second-order valence-corrected chi connectivity index (χ2v) is 6.49. The van der Waals surface area contributed by atoms with E-state index in [4.69, 9.17) is 10.5 Å². The van der Waals surface area contributed by atoms with Gasteiger partial charge in [0.25, 0.3) is 0 Å². The van der Waals surface area contributed by atoms with Crippen LogP contribution in [0.1, 0.15) is 29.0 Å². The molecule has 94 valence electrons. The molecular formula is C14H10BrN3S. The van der Waals surface area contributed by atoms with Crippen molar-refractivity contribution in [1.29, 1.82) is 10.5 Å². The molecule has 0 radical (unpaired) electrons. The second-order valence-electron chi connectivity index (χ2n) is 3.99. The van der Waals surface area contributed by atoms with Crippen molar-refractivity contribution < 1.29 is 0 Å². The highest BCUT2D eigenvalue weighted by molar-refractivity contribution is 9.11. The first-order valence-electron chi connectivity index (χ1n) is 5.60. The number of halogens is 1. The summed E-state index contributed by atoms with van der Waals surface area (Å²) in [7, 11) is 0. The lowest BCUT2D eigenvalue weighted by Crippen LogP contribution is -2.05. The van der Waals surface area contributed by atoms with E-state index in [0.717, 1.165) is 9.47 Å². The quantitative estimate of drug-likeness (QED) is 0.905. The fourth-order valence-electron chi connectivity index (χ4n) is 1.71. The summed E-state index contributed by atoms with van der Waals surface area (Å²) >= 11 is 5.11. The number of thiophene rings is 1. The molecule has 1 aromatic heterocycles. The molecule has 0 aliphatic heterocycles. The predicted octanol–water partition coefficient (Wildman–Crippen LogP) is 4.43. The van der Waals surface area contributed by atoms with Crippen molar-refractivity contribution in [3.05, 3.63) is 50.1 Å². The van der Waals surface area contributed by atoms with Crippen LogP contribution < -0.4 is 5.32 Å². The zero-order chi connectivity index (χ0) is 13.8. The Morgan fingerprint density at radius 2 is 1.89 bits per heavy atom. The van der Waals surface area contributed by atoms with Crippen LogP contribution in [0.5, 0.6) is 0 Å². The largest absolute Gasteiger partial charge is 0.378 e. The molecule has 2 rings (SSSR count). The Bertz CT molecular complexity index is 679. The highest BCUT2D eigenvalue weighted by Gasteiger charge is 2.09. The van der Waals surface area contributed by atoms with Crippen molar-refractivity contribution in [2.24, 2.45) is 0 Å². The van der Waals surface area contributed by atoms with E-state index in [1.165, 1.54) is 4.88 Å². The van der Waals surface area contributed by atoms with Crippen molar-refractivity contribution in [2.45, 2.75) is 13.0 Å². The van der Waals surface area contributed by atoms with E-state index >= 15 is 0 Å². The van der Waals surface area contributed by atoms with Crippen LogP contribution in [0.2, 0.25) is 0 Å². The smallest absolute Gasteiger partial charge is 0.101 e. The van der Waals surface area contributed by atoms with Gasteiger partial charge in [0.2, 0.25) is 0 Å². The lowest BCUT2D eigenvalue weighted by atomic mass is 10.1. The summed E-state index contributed by atoms with van der Waals surface area (Å²) < 4.78 is 1.09. The molecular weight excluding hydrogens is 322 g/mol. The summed E-state index contributed by atoms with van der Waals surface area (Å²) in [6.45, 7) is 2.06. The maximum Gasteiger partial charge on any atom is 0.101 e. The van der Waals surface area contributed by atoms with E-state index in [9.17, 15) is 0 Å². The summed E-state index contributed by atoms with van der Waals surface area (Å²) in [6, 6.07) is 13.5. The molecule has 0 saturated heterocycles. The summed E-state index contributed by atoms with van der Waals surface area (Å²) in [4.78, 5) is 1.20. The summed E-state index contributed by atoms with van der Waals surface area (Å²) in [5, 5.41) is 21.2. The third kappa shape index (κ3) is 3.14. The predicted molar refractivity (Wildman–Crippen MR) is 79.9 cm³/mol. The molecule has 0 fully saturated rings. The van der Waals surface area contributed by atoms with Crippen LogP contribution in [0.4, 0.5) is 5.69 Å². The first-order valence-corrected chi connectivity index (χ1v) is 7.21. The van der Waals surface area contributed by atoms with Crippen molar-refractivity contribution in [3.63, 3.8) is 0 Å². The van der Waals surface area contributed by atoms with Crippen LogP contribution in [0.25, 0.3) is 0 Å². The normalized spacial score (nSPS) is 11.4. The molecule has 1 aromatic carbocycles. The Morgan fingerprint density at radius 1 is 1.16 bits per heavy atom. The van der Waals surface area contributed by atoms with E-state index in [0.29, 0.717) is 11.1 Å². The minimum atomic E-state index is 0.149.